The number of carbonyl (C=O) groups is 3. The molecule has 3 N–H and O–H groups in total. The second-order valence-corrected chi connectivity index (χ2v) is 6.68. The highest BCUT2D eigenvalue weighted by Gasteiger charge is 2.25. The van der Waals surface area contributed by atoms with Gasteiger partial charge in [0, 0.05) is 17.0 Å². The Morgan fingerprint density at radius 2 is 1.67 bits per heavy atom. The Labute approximate surface area is 162 Å². The maximum atomic E-state index is 12.6. The van der Waals surface area contributed by atoms with Crippen LogP contribution in [-0.4, -0.2) is 35.0 Å². The number of aliphatic carboxylic acids is 1. The smallest absolute Gasteiger partial charge is 0.325 e. The molecule has 0 aromatic heterocycles. The van der Waals surface area contributed by atoms with Crippen molar-refractivity contribution < 1.29 is 19.5 Å². The molecule has 7 heteroatoms. The topological polar surface area (TPSA) is 95.5 Å². The Morgan fingerprint density at radius 3 is 2.26 bits per heavy atom. The number of amides is 2. The highest BCUT2D eigenvalue weighted by molar-refractivity contribution is 6.30. The standard InChI is InChI=1S/C20H21ClN2O4/c1-12-5-3-4-6-16(12)18(24)23-17(19(25)22-13(2)20(26)27)11-14-7-9-15(21)10-8-14/h3-10,13,17H,11H2,1-2H3,(H,22,25)(H,23,24)(H,26,27). The van der Waals surface area contributed by atoms with Crippen molar-refractivity contribution in [1.82, 2.24) is 10.6 Å². The fraction of sp³-hybridized carbons (Fsp3) is 0.250. The zero-order valence-corrected chi connectivity index (χ0v) is 15.8. The summed E-state index contributed by atoms with van der Waals surface area (Å²) < 4.78 is 0. The van der Waals surface area contributed by atoms with Crippen LogP contribution in [0.1, 0.15) is 28.4 Å². The van der Waals surface area contributed by atoms with Gasteiger partial charge < -0.3 is 15.7 Å². The van der Waals surface area contributed by atoms with Gasteiger partial charge in [-0.1, -0.05) is 41.9 Å². The third-order valence-corrected chi connectivity index (χ3v) is 4.35. The predicted molar refractivity (Wildman–Crippen MR) is 103 cm³/mol. The van der Waals surface area contributed by atoms with Crippen LogP contribution >= 0.6 is 11.6 Å². The first kappa shape index (κ1) is 20.5. The van der Waals surface area contributed by atoms with Crippen molar-refractivity contribution in [2.24, 2.45) is 0 Å². The van der Waals surface area contributed by atoms with Crippen molar-refractivity contribution in [3.05, 3.63) is 70.2 Å². The van der Waals surface area contributed by atoms with Gasteiger partial charge in [0.2, 0.25) is 5.91 Å². The summed E-state index contributed by atoms with van der Waals surface area (Å²) in [6, 6.07) is 11.9. The molecule has 0 saturated carbocycles. The third-order valence-electron chi connectivity index (χ3n) is 4.09. The number of halogens is 1. The van der Waals surface area contributed by atoms with E-state index < -0.39 is 29.9 Å². The van der Waals surface area contributed by atoms with Gasteiger partial charge in [-0.2, -0.15) is 0 Å². The van der Waals surface area contributed by atoms with E-state index in [0.29, 0.717) is 10.6 Å². The number of carboxylic acids is 1. The number of carbonyl (C=O) groups excluding carboxylic acids is 2. The predicted octanol–water partition coefficient (Wildman–Crippen LogP) is 2.58. The molecule has 6 nitrogen and oxygen atoms in total. The van der Waals surface area contributed by atoms with Crippen LogP contribution in [0.5, 0.6) is 0 Å². The number of aryl methyl sites for hydroxylation is 1. The summed E-state index contributed by atoms with van der Waals surface area (Å²) in [5, 5.41) is 14.7. The number of nitrogens with one attached hydrogen (secondary N) is 2. The molecule has 0 aliphatic rings. The molecular weight excluding hydrogens is 368 g/mol. The average Bonchev–Trinajstić information content (AvgIpc) is 2.63. The van der Waals surface area contributed by atoms with E-state index >= 15 is 0 Å². The van der Waals surface area contributed by atoms with Crippen molar-refractivity contribution in [1.29, 1.82) is 0 Å². The molecule has 0 heterocycles. The highest BCUT2D eigenvalue weighted by atomic mass is 35.5. The SMILES string of the molecule is Cc1ccccc1C(=O)NC(Cc1ccc(Cl)cc1)C(=O)NC(C)C(=O)O. The molecule has 2 unspecified atom stereocenters. The van der Waals surface area contributed by atoms with Crippen LogP contribution in [0.3, 0.4) is 0 Å². The Hall–Kier alpha value is -2.86. The van der Waals surface area contributed by atoms with Crippen LogP contribution in [0.2, 0.25) is 5.02 Å². The second kappa shape index (κ2) is 9.19. The minimum atomic E-state index is -1.15. The molecule has 0 spiro atoms. The lowest BCUT2D eigenvalue weighted by Crippen LogP contribution is -2.51. The summed E-state index contributed by atoms with van der Waals surface area (Å²) in [4.78, 5) is 36.2. The maximum Gasteiger partial charge on any atom is 0.325 e. The average molecular weight is 389 g/mol. The first-order valence-corrected chi connectivity index (χ1v) is 8.80. The molecule has 2 amide bonds. The minimum Gasteiger partial charge on any atom is -0.480 e. The van der Waals surface area contributed by atoms with Crippen molar-refractivity contribution in [2.45, 2.75) is 32.4 Å². The quantitative estimate of drug-likeness (QED) is 0.679. The Morgan fingerprint density at radius 1 is 1.04 bits per heavy atom. The van der Waals surface area contributed by atoms with Crippen LogP contribution in [0.4, 0.5) is 0 Å². The molecule has 2 aromatic rings. The molecular formula is C20H21ClN2O4. The highest BCUT2D eigenvalue weighted by Crippen LogP contribution is 2.13. The summed E-state index contributed by atoms with van der Waals surface area (Å²) in [6.07, 6.45) is 0.201. The third kappa shape index (κ3) is 5.82. The van der Waals surface area contributed by atoms with E-state index in [9.17, 15) is 14.4 Å². The summed E-state index contributed by atoms with van der Waals surface area (Å²) >= 11 is 5.88. The molecule has 142 valence electrons. The molecule has 2 aromatic carbocycles. The van der Waals surface area contributed by atoms with Crippen molar-refractivity contribution in [3.63, 3.8) is 0 Å². The molecule has 0 saturated heterocycles. The molecule has 27 heavy (non-hydrogen) atoms. The van der Waals surface area contributed by atoms with Crippen LogP contribution in [0, 0.1) is 6.92 Å². The number of hydrogen-bond acceptors (Lipinski definition) is 3. The lowest BCUT2D eigenvalue weighted by Gasteiger charge is -2.20. The van der Waals surface area contributed by atoms with Crippen LogP contribution in [0.25, 0.3) is 0 Å². The number of carboxylic acid groups (broad SMARTS) is 1. The first-order chi connectivity index (χ1) is 12.8. The Balaban J connectivity index is 2.21. The molecule has 0 aliphatic heterocycles. The molecule has 0 fully saturated rings. The molecule has 2 rings (SSSR count). The zero-order valence-electron chi connectivity index (χ0n) is 15.0. The summed E-state index contributed by atoms with van der Waals surface area (Å²) in [5.41, 5.74) is 2.02. The van der Waals surface area contributed by atoms with Crippen molar-refractivity contribution in [2.75, 3.05) is 0 Å². The largest absolute Gasteiger partial charge is 0.480 e. The number of hydrogen-bond donors (Lipinski definition) is 3. The van der Waals surface area contributed by atoms with Crippen molar-refractivity contribution in [3.8, 4) is 0 Å². The van der Waals surface area contributed by atoms with Gasteiger partial charge in [0.05, 0.1) is 0 Å². The summed E-state index contributed by atoms with van der Waals surface area (Å²) in [7, 11) is 0. The molecule has 0 radical (unpaired) electrons. The van der Waals surface area contributed by atoms with E-state index in [1.807, 2.05) is 6.07 Å². The lowest BCUT2D eigenvalue weighted by molar-refractivity contribution is -0.141. The van der Waals surface area contributed by atoms with Gasteiger partial charge in [-0.25, -0.2) is 0 Å². The van der Waals surface area contributed by atoms with Crippen LogP contribution in [0.15, 0.2) is 48.5 Å². The zero-order chi connectivity index (χ0) is 20.0. The van der Waals surface area contributed by atoms with Gasteiger partial charge in [-0.05, 0) is 43.2 Å². The Bertz CT molecular complexity index is 836. The maximum absolute atomic E-state index is 12.6. The first-order valence-electron chi connectivity index (χ1n) is 8.42. The second-order valence-electron chi connectivity index (χ2n) is 6.24. The molecule has 2 atom stereocenters. The summed E-state index contributed by atoms with van der Waals surface area (Å²) in [5.74, 6) is -2.12. The minimum absolute atomic E-state index is 0.201. The monoisotopic (exact) mass is 388 g/mol. The van der Waals surface area contributed by atoms with Gasteiger partial charge in [0.15, 0.2) is 0 Å². The normalized spacial score (nSPS) is 12.7. The number of rotatable bonds is 7. The van der Waals surface area contributed by atoms with Crippen molar-refractivity contribution >= 4 is 29.4 Å². The van der Waals surface area contributed by atoms with E-state index in [1.54, 1.807) is 49.4 Å². The Kier molecular flexibility index (Phi) is 6.96. The number of benzene rings is 2. The van der Waals surface area contributed by atoms with E-state index in [2.05, 4.69) is 10.6 Å². The fourth-order valence-electron chi connectivity index (χ4n) is 2.50. The van der Waals surface area contributed by atoms with E-state index in [1.165, 1.54) is 6.92 Å². The lowest BCUT2D eigenvalue weighted by atomic mass is 10.0. The van der Waals surface area contributed by atoms with E-state index in [0.717, 1.165) is 11.1 Å². The van der Waals surface area contributed by atoms with Gasteiger partial charge >= 0.3 is 5.97 Å². The van der Waals surface area contributed by atoms with E-state index in [-0.39, 0.29) is 6.42 Å². The van der Waals surface area contributed by atoms with Gasteiger partial charge in [0.25, 0.3) is 5.91 Å². The van der Waals surface area contributed by atoms with Crippen LogP contribution in [-0.2, 0) is 16.0 Å². The van der Waals surface area contributed by atoms with Gasteiger partial charge in [-0.3, -0.25) is 14.4 Å². The molecule has 0 aliphatic carbocycles. The van der Waals surface area contributed by atoms with E-state index in [4.69, 9.17) is 16.7 Å². The van der Waals surface area contributed by atoms with Crippen LogP contribution < -0.4 is 10.6 Å². The van der Waals surface area contributed by atoms with Gasteiger partial charge in [-0.15, -0.1) is 0 Å². The fourth-order valence-corrected chi connectivity index (χ4v) is 2.63. The van der Waals surface area contributed by atoms with Gasteiger partial charge in [0.1, 0.15) is 12.1 Å². The molecule has 0 bridgehead atoms. The summed E-state index contributed by atoms with van der Waals surface area (Å²) in [6.45, 7) is 3.17.